The first-order valence-electron chi connectivity index (χ1n) is 10.9. The van der Waals surface area contributed by atoms with E-state index in [9.17, 15) is 4.79 Å². The highest BCUT2D eigenvalue weighted by Gasteiger charge is 2.34. The molecule has 32 heavy (non-hydrogen) atoms. The molecule has 0 bridgehead atoms. The average molecular weight is 535 g/mol. The Morgan fingerprint density at radius 1 is 1.09 bits per heavy atom. The van der Waals surface area contributed by atoms with E-state index in [1.165, 1.54) is 27.6 Å². The number of benzene rings is 2. The van der Waals surface area contributed by atoms with Crippen LogP contribution in [-0.2, 0) is 17.9 Å². The maximum absolute atomic E-state index is 12.3. The number of amides is 1. The molecule has 2 aromatic heterocycles. The third-order valence-corrected chi connectivity index (χ3v) is 9.10. The zero-order chi connectivity index (χ0) is 21.9. The summed E-state index contributed by atoms with van der Waals surface area (Å²) in [5, 5.41) is 4.38. The fraction of sp³-hybridized carbons (Fsp3) is 0.222. The quantitative estimate of drug-likeness (QED) is 0.257. The van der Waals surface area contributed by atoms with Crippen LogP contribution < -0.4 is 5.32 Å². The van der Waals surface area contributed by atoms with Gasteiger partial charge in [0.15, 0.2) is 0 Å². The summed E-state index contributed by atoms with van der Waals surface area (Å²) in [4.78, 5) is 16.4. The third kappa shape index (κ3) is 4.83. The van der Waals surface area contributed by atoms with Crippen molar-refractivity contribution in [2.24, 2.45) is 0 Å². The lowest BCUT2D eigenvalue weighted by Crippen LogP contribution is -2.23. The molecule has 162 valence electrons. The lowest BCUT2D eigenvalue weighted by Gasteiger charge is -2.06. The molecular formula is C27H26IN3O. The molecular weight excluding hydrogens is 509 g/mol. The Labute approximate surface area is 198 Å². The molecule has 1 fully saturated rings. The minimum absolute atomic E-state index is 0.154. The van der Waals surface area contributed by atoms with Crippen molar-refractivity contribution in [1.29, 1.82) is 0 Å². The summed E-state index contributed by atoms with van der Waals surface area (Å²) in [6.45, 7) is 3.57. The van der Waals surface area contributed by atoms with Crippen molar-refractivity contribution in [3.8, 4) is 0 Å². The van der Waals surface area contributed by atoms with Crippen LogP contribution in [0.1, 0.15) is 34.6 Å². The van der Waals surface area contributed by atoms with Crippen molar-refractivity contribution >= 4 is 41.0 Å². The SMILES string of the molecule is Cc1ccc(Cn2cc([C@H]3CC3=ICC(=O)NCc3cccnc3)c3ccccc32)cc1. The standard InChI is InChI=1S/C27H26IN3O/c1-19-8-10-20(11-9-19)17-31-18-24(22-6-2-3-7-26(22)31)23-13-25(23)28-14-27(32)30-16-21-5-4-12-29-15-21/h2-12,15,18,23H,13-14,16-17H2,1H3,(H,30,32)/t23-/m1/s1. The van der Waals surface area contributed by atoms with E-state index in [1.54, 1.807) is 15.9 Å². The van der Waals surface area contributed by atoms with Gasteiger partial charge in [0.25, 0.3) is 0 Å². The van der Waals surface area contributed by atoms with Crippen molar-refractivity contribution in [3.63, 3.8) is 0 Å². The molecule has 1 N–H and O–H groups in total. The molecule has 1 aliphatic carbocycles. The van der Waals surface area contributed by atoms with Crippen LogP contribution in [0.25, 0.3) is 10.9 Å². The Morgan fingerprint density at radius 2 is 1.94 bits per heavy atom. The molecule has 1 amide bonds. The number of alkyl halides is 1. The van der Waals surface area contributed by atoms with Crippen LogP contribution in [0.15, 0.2) is 79.3 Å². The van der Waals surface area contributed by atoms with E-state index in [0.717, 1.165) is 18.5 Å². The van der Waals surface area contributed by atoms with Crippen molar-refractivity contribution in [2.45, 2.75) is 32.4 Å². The summed E-state index contributed by atoms with van der Waals surface area (Å²) in [7, 11) is 0. The van der Waals surface area contributed by atoms with Crippen LogP contribution in [0.2, 0.25) is 0 Å². The first kappa shape index (κ1) is 21.1. The number of pyridine rings is 1. The number of nitrogens with one attached hydrogen (secondary N) is 1. The van der Waals surface area contributed by atoms with Gasteiger partial charge in [-0.25, -0.2) is 0 Å². The van der Waals surface area contributed by atoms with Crippen LogP contribution in [0.4, 0.5) is 0 Å². The number of fused-ring (bicyclic) bond motifs is 1. The molecule has 1 atom stereocenters. The molecule has 1 aliphatic rings. The average Bonchev–Trinajstić information content (AvgIpc) is 3.52. The number of rotatable bonds is 7. The Kier molecular flexibility index (Phi) is 6.17. The fourth-order valence-corrected chi connectivity index (χ4v) is 6.76. The van der Waals surface area contributed by atoms with Gasteiger partial charge in [-0.05, 0) is 45.7 Å². The number of carbonyl (C=O) groups is 1. The second-order valence-corrected chi connectivity index (χ2v) is 11.2. The Bertz CT molecular complexity index is 1280. The topological polar surface area (TPSA) is 46.9 Å². The highest BCUT2D eigenvalue weighted by molar-refractivity contribution is 14.2. The normalized spacial score (nSPS) is 16.7. The van der Waals surface area contributed by atoms with Gasteiger partial charge in [-0.1, -0.05) is 54.1 Å². The summed E-state index contributed by atoms with van der Waals surface area (Å²) in [5.74, 6) is 0.680. The monoisotopic (exact) mass is 535 g/mol. The van der Waals surface area contributed by atoms with E-state index >= 15 is 0 Å². The smallest absolute Gasteiger partial charge is 0.229 e. The molecule has 5 rings (SSSR count). The second kappa shape index (κ2) is 9.36. The van der Waals surface area contributed by atoms with Gasteiger partial charge in [-0.15, -0.1) is 20.7 Å². The number of hydrogen-bond acceptors (Lipinski definition) is 2. The van der Waals surface area contributed by atoms with Gasteiger partial charge in [0.05, 0.1) is 4.43 Å². The summed E-state index contributed by atoms with van der Waals surface area (Å²) < 4.78 is 4.63. The molecule has 2 aromatic carbocycles. The van der Waals surface area contributed by atoms with Gasteiger partial charge in [0.1, 0.15) is 0 Å². The number of para-hydroxylation sites is 1. The maximum Gasteiger partial charge on any atom is 0.229 e. The molecule has 0 unspecified atom stereocenters. The van der Waals surface area contributed by atoms with Crippen molar-refractivity contribution in [3.05, 3.63) is 102 Å². The van der Waals surface area contributed by atoms with Gasteiger partial charge in [-0.2, -0.15) is 0 Å². The zero-order valence-corrected chi connectivity index (χ0v) is 20.2. The summed E-state index contributed by atoms with van der Waals surface area (Å²) in [6, 6.07) is 21.4. The third-order valence-electron chi connectivity index (χ3n) is 5.86. The lowest BCUT2D eigenvalue weighted by molar-refractivity contribution is -0.118. The van der Waals surface area contributed by atoms with Gasteiger partial charge in [0, 0.05) is 48.5 Å². The number of aryl methyl sites for hydroxylation is 1. The maximum atomic E-state index is 12.3. The van der Waals surface area contributed by atoms with Crippen LogP contribution in [0, 0.1) is 6.92 Å². The molecule has 5 heteroatoms. The van der Waals surface area contributed by atoms with E-state index in [2.05, 4.69) is 76.5 Å². The second-order valence-electron chi connectivity index (χ2n) is 8.32. The Hall–Kier alpha value is -2.80. The first-order valence-corrected chi connectivity index (χ1v) is 13.5. The van der Waals surface area contributed by atoms with E-state index in [1.807, 2.05) is 12.1 Å². The van der Waals surface area contributed by atoms with E-state index < -0.39 is 0 Å². The highest BCUT2D eigenvalue weighted by atomic mass is 127. The van der Waals surface area contributed by atoms with Crippen molar-refractivity contribution in [2.75, 3.05) is 4.43 Å². The number of halogens is 1. The van der Waals surface area contributed by atoms with E-state index in [4.69, 9.17) is 0 Å². The molecule has 0 saturated heterocycles. The zero-order valence-electron chi connectivity index (χ0n) is 18.1. The van der Waals surface area contributed by atoms with Crippen LogP contribution in [0.3, 0.4) is 0 Å². The van der Waals surface area contributed by atoms with Gasteiger partial charge < -0.3 is 9.88 Å². The minimum atomic E-state index is -0.233. The fourth-order valence-electron chi connectivity index (χ4n) is 4.03. The summed E-state index contributed by atoms with van der Waals surface area (Å²) in [5.41, 5.74) is 6.37. The molecule has 4 aromatic rings. The first-order chi connectivity index (χ1) is 15.7. The van der Waals surface area contributed by atoms with Crippen LogP contribution >= 0.6 is 20.7 Å². The van der Waals surface area contributed by atoms with Gasteiger partial charge in [0.2, 0.25) is 5.91 Å². The molecule has 0 spiro atoms. The molecule has 4 nitrogen and oxygen atoms in total. The lowest BCUT2D eigenvalue weighted by atomic mass is 10.1. The number of nitrogens with zero attached hydrogens (tertiary/aromatic N) is 2. The van der Waals surface area contributed by atoms with E-state index in [-0.39, 0.29) is 26.6 Å². The summed E-state index contributed by atoms with van der Waals surface area (Å²) >= 11 is -0.233. The molecule has 0 radical (unpaired) electrons. The molecule has 1 saturated carbocycles. The number of aromatic nitrogens is 2. The summed E-state index contributed by atoms with van der Waals surface area (Å²) in [6.07, 6.45) is 7.03. The molecule has 0 aliphatic heterocycles. The highest BCUT2D eigenvalue weighted by Crippen LogP contribution is 2.44. The van der Waals surface area contributed by atoms with Crippen LogP contribution in [-0.4, -0.2) is 23.4 Å². The van der Waals surface area contributed by atoms with Crippen molar-refractivity contribution < 1.29 is 4.79 Å². The predicted octanol–water partition coefficient (Wildman–Crippen LogP) is 5.34. The largest absolute Gasteiger partial charge is 0.351 e. The van der Waals surface area contributed by atoms with Crippen molar-refractivity contribution in [1.82, 2.24) is 14.9 Å². The molecule has 2 heterocycles. The predicted molar refractivity (Wildman–Crippen MR) is 140 cm³/mol. The number of carbonyl (C=O) groups excluding carboxylic acids is 1. The van der Waals surface area contributed by atoms with Gasteiger partial charge >= 0.3 is 0 Å². The Balaban J connectivity index is 1.27. The number of hydrogen-bond donors (Lipinski definition) is 1. The minimum Gasteiger partial charge on any atom is -0.351 e. The van der Waals surface area contributed by atoms with Crippen LogP contribution in [0.5, 0.6) is 0 Å². The van der Waals surface area contributed by atoms with Gasteiger partial charge in [-0.3, -0.25) is 9.78 Å². The van der Waals surface area contributed by atoms with E-state index in [0.29, 0.717) is 16.9 Å². The Morgan fingerprint density at radius 3 is 2.75 bits per heavy atom.